The zero-order valence-corrected chi connectivity index (χ0v) is 10.5. The predicted molar refractivity (Wildman–Crippen MR) is 65.3 cm³/mol. The number of carboxylic acids is 1. The molecule has 0 fully saturated rings. The average molecular weight is 266 g/mol. The zero-order valence-electron chi connectivity index (χ0n) is 10.5. The lowest BCUT2D eigenvalue weighted by Gasteiger charge is -2.17. The Morgan fingerprint density at radius 2 is 2.00 bits per heavy atom. The number of esters is 1. The highest BCUT2D eigenvalue weighted by Gasteiger charge is 2.22. The lowest BCUT2D eigenvalue weighted by Crippen LogP contribution is -2.37. The number of aryl methyl sites for hydroxylation is 1. The lowest BCUT2D eigenvalue weighted by molar-refractivity contribution is -0.158. The van der Waals surface area contributed by atoms with Crippen molar-refractivity contribution in [2.45, 2.75) is 13.8 Å². The molecule has 7 nitrogen and oxygen atoms in total. The van der Waals surface area contributed by atoms with Gasteiger partial charge in [0.05, 0.1) is 5.56 Å². The van der Waals surface area contributed by atoms with E-state index in [-0.39, 0.29) is 17.9 Å². The molecule has 0 saturated carbocycles. The Balaban J connectivity index is 3.19. The first-order valence-electron chi connectivity index (χ1n) is 5.49. The highest BCUT2D eigenvalue weighted by Crippen LogP contribution is 2.23. The van der Waals surface area contributed by atoms with Crippen molar-refractivity contribution in [3.8, 4) is 5.75 Å². The fourth-order valence-corrected chi connectivity index (χ4v) is 1.43. The van der Waals surface area contributed by atoms with Gasteiger partial charge < -0.3 is 9.84 Å². The number of carbonyl (C=O) groups is 3. The highest BCUT2D eigenvalue weighted by atomic mass is 16.6. The number of nitrogens with two attached hydrogens (primary N) is 1. The quantitative estimate of drug-likeness (QED) is 0.203. The molecule has 1 aromatic rings. The van der Waals surface area contributed by atoms with Crippen molar-refractivity contribution in [2.24, 2.45) is 5.84 Å². The Morgan fingerprint density at radius 3 is 2.53 bits per heavy atom. The van der Waals surface area contributed by atoms with Crippen LogP contribution in [-0.2, 0) is 9.59 Å². The van der Waals surface area contributed by atoms with Gasteiger partial charge in [0.1, 0.15) is 5.75 Å². The number of carboxylic acid groups (broad SMARTS) is 1. The molecule has 0 saturated heterocycles. The summed E-state index contributed by atoms with van der Waals surface area (Å²) in [6, 6.07) is 4.52. The van der Waals surface area contributed by atoms with E-state index in [1.54, 1.807) is 26.0 Å². The first-order valence-corrected chi connectivity index (χ1v) is 5.49. The predicted octanol–water partition coefficient (Wildman–Crippen LogP) is 0.321. The molecule has 1 amide bonds. The molecule has 0 aliphatic heterocycles. The maximum Gasteiger partial charge on any atom is 0.422 e. The van der Waals surface area contributed by atoms with Gasteiger partial charge >= 0.3 is 11.9 Å². The van der Waals surface area contributed by atoms with E-state index in [0.717, 1.165) is 5.01 Å². The summed E-state index contributed by atoms with van der Waals surface area (Å²) in [5, 5.41) is 9.45. The lowest BCUT2D eigenvalue weighted by atomic mass is 10.1. The molecule has 1 rings (SSSR count). The van der Waals surface area contributed by atoms with E-state index in [2.05, 4.69) is 4.74 Å². The van der Waals surface area contributed by atoms with E-state index in [9.17, 15) is 14.4 Å². The molecule has 0 aliphatic carbocycles. The Hall–Kier alpha value is -2.41. The van der Waals surface area contributed by atoms with Gasteiger partial charge in [0.25, 0.3) is 5.91 Å². The number of carbonyl (C=O) groups excluding carboxylic acids is 2. The Bertz CT molecular complexity index is 527. The fourth-order valence-electron chi connectivity index (χ4n) is 1.43. The average Bonchev–Trinajstić information content (AvgIpc) is 2.37. The van der Waals surface area contributed by atoms with Gasteiger partial charge in [-0.05, 0) is 25.5 Å². The fraction of sp³-hybridized carbons (Fsp3) is 0.250. The van der Waals surface area contributed by atoms with Gasteiger partial charge in [0.2, 0.25) is 0 Å². The third kappa shape index (κ3) is 3.29. The second-order valence-electron chi connectivity index (χ2n) is 3.73. The zero-order chi connectivity index (χ0) is 14.6. The largest absolute Gasteiger partial charge is 0.473 e. The van der Waals surface area contributed by atoms with Crippen LogP contribution in [0, 0.1) is 6.92 Å². The van der Waals surface area contributed by atoms with Gasteiger partial charge in [-0.15, -0.1) is 0 Å². The molecule has 0 aromatic heterocycles. The number of hydrazine groups is 1. The van der Waals surface area contributed by atoms with Gasteiger partial charge in [-0.3, -0.25) is 9.80 Å². The van der Waals surface area contributed by atoms with Crippen LogP contribution in [0.1, 0.15) is 22.8 Å². The summed E-state index contributed by atoms with van der Waals surface area (Å²) in [6.07, 6.45) is 0. The molecule has 7 heteroatoms. The van der Waals surface area contributed by atoms with E-state index in [1.807, 2.05) is 0 Å². The Labute approximate surface area is 109 Å². The van der Waals surface area contributed by atoms with Crippen molar-refractivity contribution >= 4 is 17.8 Å². The minimum absolute atomic E-state index is 0.0708. The minimum atomic E-state index is -1.74. The first-order chi connectivity index (χ1) is 8.88. The van der Waals surface area contributed by atoms with Gasteiger partial charge in [-0.1, -0.05) is 12.1 Å². The summed E-state index contributed by atoms with van der Waals surface area (Å²) in [7, 11) is 0. The van der Waals surface area contributed by atoms with Crippen molar-refractivity contribution in [1.82, 2.24) is 5.01 Å². The second-order valence-corrected chi connectivity index (χ2v) is 3.73. The highest BCUT2D eigenvalue weighted by molar-refractivity contribution is 6.29. The molecule has 1 aromatic carbocycles. The molecule has 0 heterocycles. The van der Waals surface area contributed by atoms with Crippen LogP contribution in [0.3, 0.4) is 0 Å². The van der Waals surface area contributed by atoms with E-state index in [0.29, 0.717) is 5.56 Å². The molecule has 0 bridgehead atoms. The van der Waals surface area contributed by atoms with Crippen molar-refractivity contribution in [2.75, 3.05) is 6.54 Å². The van der Waals surface area contributed by atoms with E-state index in [4.69, 9.17) is 10.9 Å². The van der Waals surface area contributed by atoms with E-state index < -0.39 is 17.8 Å². The van der Waals surface area contributed by atoms with Crippen LogP contribution < -0.4 is 10.6 Å². The molecule has 19 heavy (non-hydrogen) atoms. The summed E-state index contributed by atoms with van der Waals surface area (Å²) in [5.74, 6) is 1.64. The van der Waals surface area contributed by atoms with Crippen molar-refractivity contribution in [1.29, 1.82) is 0 Å². The number of aliphatic carboxylic acids is 1. The van der Waals surface area contributed by atoms with Crippen molar-refractivity contribution in [3.05, 3.63) is 29.3 Å². The van der Waals surface area contributed by atoms with Gasteiger partial charge in [0, 0.05) is 6.54 Å². The van der Waals surface area contributed by atoms with Gasteiger partial charge in [0.15, 0.2) is 0 Å². The molecular weight excluding hydrogens is 252 g/mol. The third-order valence-corrected chi connectivity index (χ3v) is 2.43. The van der Waals surface area contributed by atoms with E-state index >= 15 is 0 Å². The number of benzene rings is 1. The minimum Gasteiger partial charge on any atom is -0.473 e. The molecule has 0 atom stereocenters. The summed E-state index contributed by atoms with van der Waals surface area (Å²) in [5.41, 5.74) is 0.603. The summed E-state index contributed by atoms with van der Waals surface area (Å²) < 4.78 is 4.66. The Morgan fingerprint density at radius 1 is 1.37 bits per heavy atom. The number of hydrogen-bond acceptors (Lipinski definition) is 5. The van der Waals surface area contributed by atoms with Crippen LogP contribution in [0.2, 0.25) is 0 Å². The van der Waals surface area contributed by atoms with Gasteiger partial charge in [-0.25, -0.2) is 15.4 Å². The number of hydrogen-bond donors (Lipinski definition) is 2. The van der Waals surface area contributed by atoms with Crippen LogP contribution in [0.25, 0.3) is 0 Å². The maximum absolute atomic E-state index is 12.0. The summed E-state index contributed by atoms with van der Waals surface area (Å²) >= 11 is 0. The number of ether oxygens (including phenoxy) is 1. The van der Waals surface area contributed by atoms with Crippen LogP contribution in [-0.4, -0.2) is 34.5 Å². The molecule has 0 spiro atoms. The van der Waals surface area contributed by atoms with Crippen LogP contribution >= 0.6 is 0 Å². The molecule has 3 N–H and O–H groups in total. The second kappa shape index (κ2) is 5.96. The monoisotopic (exact) mass is 266 g/mol. The number of amides is 1. The molecule has 0 unspecified atom stereocenters. The smallest absolute Gasteiger partial charge is 0.422 e. The summed E-state index contributed by atoms with van der Waals surface area (Å²) in [6.45, 7) is 3.58. The topological polar surface area (TPSA) is 110 Å². The molecule has 0 radical (unpaired) electrons. The van der Waals surface area contributed by atoms with Crippen molar-refractivity contribution in [3.63, 3.8) is 0 Å². The Kier molecular flexibility index (Phi) is 4.60. The van der Waals surface area contributed by atoms with Crippen LogP contribution in [0.5, 0.6) is 5.75 Å². The number of rotatable bonds is 3. The summed E-state index contributed by atoms with van der Waals surface area (Å²) in [4.78, 5) is 33.6. The first kappa shape index (κ1) is 14.7. The SMILES string of the molecule is CCN(N)C(=O)c1c(C)cccc1OC(=O)C(=O)O. The van der Waals surface area contributed by atoms with Crippen LogP contribution in [0.15, 0.2) is 18.2 Å². The third-order valence-electron chi connectivity index (χ3n) is 2.43. The normalized spacial score (nSPS) is 9.84. The number of nitrogens with zero attached hydrogens (tertiary/aromatic N) is 1. The van der Waals surface area contributed by atoms with Crippen LogP contribution in [0.4, 0.5) is 0 Å². The van der Waals surface area contributed by atoms with Gasteiger partial charge in [-0.2, -0.15) is 0 Å². The molecule has 0 aliphatic rings. The van der Waals surface area contributed by atoms with E-state index in [1.165, 1.54) is 6.07 Å². The molecule has 102 valence electrons. The maximum atomic E-state index is 12.0. The standard InChI is InChI=1S/C12H14N2O5/c1-3-14(13)10(15)9-7(2)5-4-6-8(9)19-12(18)11(16)17/h4-6H,3,13H2,1-2H3,(H,16,17). The molecular formula is C12H14N2O5. The van der Waals surface area contributed by atoms with Crippen molar-refractivity contribution < 1.29 is 24.2 Å².